The summed E-state index contributed by atoms with van der Waals surface area (Å²) in [5.74, 6) is -1.33. The number of hydrogen-bond donors (Lipinski definition) is 0. The number of likely N-dealkylation sites (tertiary alicyclic amines) is 1. The molecule has 10 heteroatoms. The van der Waals surface area contributed by atoms with Gasteiger partial charge in [0, 0.05) is 50.1 Å². The normalized spacial score (nSPS) is 25.2. The van der Waals surface area contributed by atoms with Crippen molar-refractivity contribution in [3.8, 4) is 0 Å². The summed E-state index contributed by atoms with van der Waals surface area (Å²) in [6.45, 7) is 4.51. The van der Waals surface area contributed by atoms with Crippen molar-refractivity contribution in [1.29, 1.82) is 0 Å². The van der Waals surface area contributed by atoms with E-state index >= 15 is 0 Å². The molecule has 3 heterocycles. The van der Waals surface area contributed by atoms with Crippen LogP contribution in [0.2, 0.25) is 0 Å². The minimum absolute atomic E-state index is 0.0518. The van der Waals surface area contributed by atoms with Crippen molar-refractivity contribution in [3.05, 3.63) is 95.7 Å². The van der Waals surface area contributed by atoms with Crippen LogP contribution in [0.4, 0.5) is 0 Å². The van der Waals surface area contributed by atoms with Crippen molar-refractivity contribution in [1.82, 2.24) is 14.7 Å². The van der Waals surface area contributed by atoms with E-state index < -0.39 is 29.5 Å². The zero-order valence-electron chi connectivity index (χ0n) is 28.8. The van der Waals surface area contributed by atoms with E-state index in [-0.39, 0.29) is 49.6 Å². The molecule has 3 aromatic carbocycles. The van der Waals surface area contributed by atoms with Crippen molar-refractivity contribution in [2.45, 2.75) is 58.0 Å². The highest BCUT2D eigenvalue weighted by Crippen LogP contribution is 2.51. The Kier molecular flexibility index (Phi) is 9.75. The number of rotatable bonds is 10. The maximum absolute atomic E-state index is 14.7. The van der Waals surface area contributed by atoms with Gasteiger partial charge in [-0.1, -0.05) is 72.8 Å². The van der Waals surface area contributed by atoms with Gasteiger partial charge < -0.3 is 28.9 Å². The molecule has 4 aliphatic rings. The van der Waals surface area contributed by atoms with E-state index in [0.29, 0.717) is 38.5 Å². The van der Waals surface area contributed by atoms with Gasteiger partial charge in [0.05, 0.1) is 33.0 Å². The first kappa shape index (κ1) is 33.9. The first-order chi connectivity index (χ1) is 24.3. The van der Waals surface area contributed by atoms with Crippen LogP contribution in [0.1, 0.15) is 43.7 Å². The SMILES string of the molecule is COC(=O)[C@]12C[C@H](CC(=O)N3CCN(C(=O)C4CC4)CC3)C(=O)N(Cc3cccc4ccccc34)C1=C[C@H](COCc1ccccc1)O[C@@H]2C. The molecule has 3 amide bonds. The number of amides is 3. The van der Waals surface area contributed by atoms with E-state index in [0.717, 1.165) is 34.7 Å². The van der Waals surface area contributed by atoms with Crippen LogP contribution in [-0.4, -0.2) is 90.5 Å². The smallest absolute Gasteiger partial charge is 0.320 e. The van der Waals surface area contributed by atoms with Gasteiger partial charge >= 0.3 is 5.97 Å². The van der Waals surface area contributed by atoms with Crippen molar-refractivity contribution < 1.29 is 33.4 Å². The van der Waals surface area contributed by atoms with E-state index in [1.165, 1.54) is 7.11 Å². The van der Waals surface area contributed by atoms with Gasteiger partial charge in [0.15, 0.2) is 0 Å². The molecule has 1 aliphatic carbocycles. The highest BCUT2D eigenvalue weighted by atomic mass is 16.6. The molecule has 262 valence electrons. The van der Waals surface area contributed by atoms with Crippen molar-refractivity contribution >= 4 is 34.5 Å². The molecule has 0 spiro atoms. The lowest BCUT2D eigenvalue weighted by atomic mass is 9.66. The molecular formula is C40H45N3O7. The second-order valence-electron chi connectivity index (χ2n) is 14.0. The number of carbonyl (C=O) groups excluding carboxylic acids is 4. The van der Waals surface area contributed by atoms with Crippen LogP contribution in [0.25, 0.3) is 10.8 Å². The summed E-state index contributed by atoms with van der Waals surface area (Å²) in [7, 11) is 1.35. The van der Waals surface area contributed by atoms with E-state index in [1.807, 2.05) is 90.7 Å². The number of piperidine rings is 1. The Morgan fingerprint density at radius 3 is 2.34 bits per heavy atom. The minimum Gasteiger partial charge on any atom is -0.468 e. The Hall–Kier alpha value is -4.54. The van der Waals surface area contributed by atoms with Gasteiger partial charge in [-0.05, 0) is 54.2 Å². The highest BCUT2D eigenvalue weighted by molar-refractivity contribution is 5.93. The van der Waals surface area contributed by atoms with Crippen molar-refractivity contribution in [2.24, 2.45) is 17.3 Å². The number of nitrogens with zero attached hydrogens (tertiary/aromatic N) is 3. The van der Waals surface area contributed by atoms with E-state index in [9.17, 15) is 19.2 Å². The first-order valence-corrected chi connectivity index (χ1v) is 17.7. The maximum atomic E-state index is 14.7. The van der Waals surface area contributed by atoms with Crippen molar-refractivity contribution in [2.75, 3.05) is 39.9 Å². The van der Waals surface area contributed by atoms with E-state index in [1.54, 1.807) is 9.80 Å². The van der Waals surface area contributed by atoms with E-state index in [2.05, 4.69) is 0 Å². The Labute approximate surface area is 292 Å². The number of carbonyl (C=O) groups is 4. The molecule has 0 radical (unpaired) electrons. The summed E-state index contributed by atoms with van der Waals surface area (Å²) in [6.07, 6.45) is 2.58. The molecular weight excluding hydrogens is 634 g/mol. The quantitative estimate of drug-likeness (QED) is 0.286. The summed E-state index contributed by atoms with van der Waals surface area (Å²) >= 11 is 0. The molecule has 3 fully saturated rings. The summed E-state index contributed by atoms with van der Waals surface area (Å²) in [5, 5.41) is 2.05. The van der Waals surface area contributed by atoms with Gasteiger partial charge in [-0.2, -0.15) is 0 Å². The van der Waals surface area contributed by atoms with Crippen LogP contribution < -0.4 is 0 Å². The van der Waals surface area contributed by atoms with Gasteiger partial charge in [0.1, 0.15) is 11.5 Å². The molecule has 50 heavy (non-hydrogen) atoms. The third-order valence-corrected chi connectivity index (χ3v) is 10.8. The molecule has 10 nitrogen and oxygen atoms in total. The standard InChI is InChI=1S/C40H45N3O7/c1-27-40(39(47)48-2)23-32(21-36(44)41-17-19-42(20-18-41)37(45)30-15-16-30)38(46)43(24-31-13-8-12-29-11-6-7-14-34(29)31)35(40)22-33(50-27)26-49-25-28-9-4-3-5-10-28/h3-14,22,27,30,32-33H,15-21,23-26H2,1-2H3/t27-,32+,33-,40+/m1/s1. The topological polar surface area (TPSA) is 106 Å². The van der Waals surface area contributed by atoms with Crippen LogP contribution in [-0.2, 0) is 46.5 Å². The zero-order chi connectivity index (χ0) is 34.8. The van der Waals surface area contributed by atoms with Gasteiger partial charge in [0.25, 0.3) is 0 Å². The largest absolute Gasteiger partial charge is 0.468 e. The maximum Gasteiger partial charge on any atom is 0.320 e. The summed E-state index contributed by atoms with van der Waals surface area (Å²) in [5.41, 5.74) is 1.17. The van der Waals surface area contributed by atoms with Gasteiger partial charge in [-0.25, -0.2) is 0 Å². The lowest BCUT2D eigenvalue weighted by Crippen LogP contribution is -2.60. The third kappa shape index (κ3) is 6.66. The van der Waals surface area contributed by atoms with Gasteiger partial charge in [-0.3, -0.25) is 19.2 Å². The molecule has 7 rings (SSSR count). The molecule has 1 saturated carbocycles. The van der Waals surface area contributed by atoms with Crippen LogP contribution in [0.15, 0.2) is 84.6 Å². The number of methoxy groups -OCH3 is 1. The number of hydrogen-bond acceptors (Lipinski definition) is 7. The second-order valence-corrected chi connectivity index (χ2v) is 14.0. The van der Waals surface area contributed by atoms with Crippen LogP contribution in [0, 0.1) is 17.3 Å². The molecule has 4 atom stereocenters. The average molecular weight is 680 g/mol. The summed E-state index contributed by atoms with van der Waals surface area (Å²) in [6, 6.07) is 23.9. The lowest BCUT2D eigenvalue weighted by Gasteiger charge is -2.51. The monoisotopic (exact) mass is 679 g/mol. The predicted octanol–water partition coefficient (Wildman–Crippen LogP) is 4.71. The lowest BCUT2D eigenvalue weighted by molar-refractivity contribution is -0.178. The van der Waals surface area contributed by atoms with Crippen LogP contribution >= 0.6 is 0 Å². The Morgan fingerprint density at radius 2 is 1.60 bits per heavy atom. The molecule has 3 aliphatic heterocycles. The molecule has 2 saturated heterocycles. The molecule has 3 aromatic rings. The fourth-order valence-corrected chi connectivity index (χ4v) is 7.89. The summed E-state index contributed by atoms with van der Waals surface area (Å²) in [4.78, 5) is 60.4. The van der Waals surface area contributed by atoms with E-state index in [4.69, 9.17) is 14.2 Å². The highest BCUT2D eigenvalue weighted by Gasteiger charge is 2.59. The number of ether oxygens (including phenoxy) is 3. The second kappa shape index (κ2) is 14.4. The predicted molar refractivity (Wildman–Crippen MR) is 186 cm³/mol. The molecule has 0 bridgehead atoms. The van der Waals surface area contributed by atoms with Crippen LogP contribution in [0.5, 0.6) is 0 Å². The molecule has 0 unspecified atom stereocenters. The minimum atomic E-state index is -1.32. The third-order valence-electron chi connectivity index (χ3n) is 10.8. The number of esters is 1. The summed E-state index contributed by atoms with van der Waals surface area (Å²) < 4.78 is 18.0. The van der Waals surface area contributed by atoms with Gasteiger partial charge in [-0.15, -0.1) is 0 Å². The zero-order valence-corrected chi connectivity index (χ0v) is 28.8. The molecule has 0 aromatic heterocycles. The Balaban J connectivity index is 1.18. The molecule has 0 N–H and O–H groups in total. The first-order valence-electron chi connectivity index (χ1n) is 17.7. The Bertz CT molecular complexity index is 1780. The number of benzene rings is 3. The number of fused-ring (bicyclic) bond motifs is 2. The van der Waals surface area contributed by atoms with Crippen molar-refractivity contribution in [3.63, 3.8) is 0 Å². The van der Waals surface area contributed by atoms with Crippen LogP contribution in [0.3, 0.4) is 0 Å². The van der Waals surface area contributed by atoms with Gasteiger partial charge in [0.2, 0.25) is 17.7 Å². The fourth-order valence-electron chi connectivity index (χ4n) is 7.89. The fraction of sp³-hybridized carbons (Fsp3) is 0.450. The number of piperazine rings is 1. The average Bonchev–Trinajstić information content (AvgIpc) is 4.00. The Morgan fingerprint density at radius 1 is 0.900 bits per heavy atom.